The van der Waals surface area contributed by atoms with Crippen LogP contribution in [0, 0.1) is 13.8 Å². The van der Waals surface area contributed by atoms with Crippen molar-refractivity contribution in [1.82, 2.24) is 14.5 Å². The predicted octanol–water partition coefficient (Wildman–Crippen LogP) is 2.81. The Morgan fingerprint density at radius 2 is 2.13 bits per heavy atom. The third-order valence-electron chi connectivity index (χ3n) is 4.64. The summed E-state index contributed by atoms with van der Waals surface area (Å²) in [7, 11) is 0. The van der Waals surface area contributed by atoms with Crippen LogP contribution in [-0.4, -0.2) is 40.1 Å². The van der Waals surface area contributed by atoms with Gasteiger partial charge >= 0.3 is 0 Å². The Hall–Kier alpha value is -1.88. The molecule has 5 heteroatoms. The van der Waals surface area contributed by atoms with Crippen LogP contribution in [0.3, 0.4) is 0 Å². The van der Waals surface area contributed by atoms with Crippen LogP contribution in [0.1, 0.15) is 36.6 Å². The lowest BCUT2D eigenvalue weighted by Gasteiger charge is -2.28. The number of nitrogens with zero attached hydrogens (tertiary/aromatic N) is 3. The van der Waals surface area contributed by atoms with Crippen LogP contribution in [0.5, 0.6) is 0 Å². The molecular weight excluding hydrogens is 290 g/mol. The highest BCUT2D eigenvalue weighted by Gasteiger charge is 2.23. The Morgan fingerprint density at radius 3 is 2.91 bits per heavy atom. The van der Waals surface area contributed by atoms with Gasteiger partial charge in [-0.1, -0.05) is 6.92 Å². The molecule has 0 saturated carbocycles. The number of aromatic nitrogens is 2. The number of fused-ring (bicyclic) bond motifs is 3. The van der Waals surface area contributed by atoms with Gasteiger partial charge in [0.05, 0.1) is 19.6 Å². The standard InChI is InChI=1S/C18H25N3O2/c1-4-8-23-9-5-17(22)20-6-7-21-15(12-20)10-16-14(3)13(2)11-19-18(16)21/h10-11H,4-9,12H2,1-3H3. The number of amides is 1. The number of ether oxygens (including phenoxy) is 1. The number of pyridine rings is 1. The fourth-order valence-corrected chi connectivity index (χ4v) is 3.13. The second-order valence-corrected chi connectivity index (χ2v) is 6.27. The molecule has 2 aromatic rings. The van der Waals surface area contributed by atoms with Gasteiger partial charge in [-0.15, -0.1) is 0 Å². The molecule has 124 valence electrons. The Balaban J connectivity index is 1.73. The molecule has 0 unspecified atom stereocenters. The van der Waals surface area contributed by atoms with Gasteiger partial charge in [0, 0.05) is 37.0 Å². The molecule has 0 spiro atoms. The van der Waals surface area contributed by atoms with Gasteiger partial charge in [-0.2, -0.15) is 0 Å². The van der Waals surface area contributed by atoms with Crippen LogP contribution in [0.15, 0.2) is 12.3 Å². The summed E-state index contributed by atoms with van der Waals surface area (Å²) in [5, 5.41) is 1.21. The van der Waals surface area contributed by atoms with Crippen molar-refractivity contribution >= 4 is 16.9 Å². The largest absolute Gasteiger partial charge is 0.381 e. The zero-order valence-electron chi connectivity index (χ0n) is 14.3. The molecule has 0 N–H and O–H groups in total. The smallest absolute Gasteiger partial charge is 0.225 e. The van der Waals surface area contributed by atoms with E-state index in [1.165, 1.54) is 22.2 Å². The quantitative estimate of drug-likeness (QED) is 0.797. The maximum atomic E-state index is 12.3. The Kier molecular flexibility index (Phi) is 4.66. The summed E-state index contributed by atoms with van der Waals surface area (Å²) in [4.78, 5) is 18.9. The van der Waals surface area contributed by atoms with Crippen molar-refractivity contribution in [1.29, 1.82) is 0 Å². The summed E-state index contributed by atoms with van der Waals surface area (Å²) in [5.74, 6) is 0.179. The van der Waals surface area contributed by atoms with E-state index in [0.717, 1.165) is 31.8 Å². The van der Waals surface area contributed by atoms with Gasteiger partial charge in [0.1, 0.15) is 5.65 Å². The minimum atomic E-state index is 0.179. The van der Waals surface area contributed by atoms with E-state index in [9.17, 15) is 4.79 Å². The lowest BCUT2D eigenvalue weighted by Crippen LogP contribution is -2.38. The molecular formula is C18H25N3O2. The van der Waals surface area contributed by atoms with Crippen molar-refractivity contribution in [2.75, 3.05) is 19.8 Å². The van der Waals surface area contributed by atoms with Gasteiger partial charge in [-0.25, -0.2) is 4.98 Å². The van der Waals surface area contributed by atoms with E-state index >= 15 is 0 Å². The van der Waals surface area contributed by atoms with Crippen molar-refractivity contribution in [3.8, 4) is 0 Å². The second-order valence-electron chi connectivity index (χ2n) is 6.27. The van der Waals surface area contributed by atoms with E-state index in [4.69, 9.17) is 4.74 Å². The first-order valence-electron chi connectivity index (χ1n) is 8.41. The lowest BCUT2D eigenvalue weighted by molar-refractivity contribution is -0.133. The first-order chi connectivity index (χ1) is 11.1. The third-order valence-corrected chi connectivity index (χ3v) is 4.64. The molecule has 5 nitrogen and oxygen atoms in total. The maximum absolute atomic E-state index is 12.3. The van der Waals surface area contributed by atoms with Crippen LogP contribution in [-0.2, 0) is 22.6 Å². The molecule has 0 bridgehead atoms. The molecule has 3 heterocycles. The molecule has 0 atom stereocenters. The molecule has 1 aliphatic rings. The fourth-order valence-electron chi connectivity index (χ4n) is 3.13. The minimum absolute atomic E-state index is 0.179. The molecule has 23 heavy (non-hydrogen) atoms. The highest BCUT2D eigenvalue weighted by molar-refractivity contribution is 5.83. The zero-order chi connectivity index (χ0) is 16.4. The van der Waals surface area contributed by atoms with E-state index in [1.54, 1.807) is 0 Å². The fraction of sp³-hybridized carbons (Fsp3) is 0.556. The summed E-state index contributed by atoms with van der Waals surface area (Å²) >= 11 is 0. The van der Waals surface area contributed by atoms with E-state index < -0.39 is 0 Å². The molecule has 0 aromatic carbocycles. The monoisotopic (exact) mass is 315 g/mol. The third kappa shape index (κ3) is 3.11. The van der Waals surface area contributed by atoms with Crippen LogP contribution >= 0.6 is 0 Å². The Bertz CT molecular complexity index is 721. The molecule has 2 aromatic heterocycles. The molecule has 3 rings (SSSR count). The normalized spacial score (nSPS) is 14.3. The summed E-state index contributed by atoms with van der Waals surface area (Å²) in [5.41, 5.74) is 4.71. The van der Waals surface area contributed by atoms with Crippen molar-refractivity contribution < 1.29 is 9.53 Å². The Morgan fingerprint density at radius 1 is 1.30 bits per heavy atom. The second kappa shape index (κ2) is 6.71. The number of hydrogen-bond acceptors (Lipinski definition) is 3. The van der Waals surface area contributed by atoms with Crippen LogP contribution in [0.4, 0.5) is 0 Å². The summed E-state index contributed by atoms with van der Waals surface area (Å²) < 4.78 is 7.68. The molecule has 0 radical (unpaired) electrons. The average molecular weight is 315 g/mol. The van der Waals surface area contributed by atoms with E-state index in [0.29, 0.717) is 19.6 Å². The Labute approximate surface area is 137 Å². The zero-order valence-corrected chi connectivity index (χ0v) is 14.3. The summed E-state index contributed by atoms with van der Waals surface area (Å²) in [6.07, 6.45) is 3.40. The molecule has 1 aliphatic heterocycles. The summed E-state index contributed by atoms with van der Waals surface area (Å²) in [6.45, 7) is 9.78. The number of aryl methyl sites for hydroxylation is 2. The highest BCUT2D eigenvalue weighted by Crippen LogP contribution is 2.26. The maximum Gasteiger partial charge on any atom is 0.225 e. The SMILES string of the molecule is CCCOCCC(=O)N1CCn2c(cc3c(C)c(C)cnc32)C1. The van der Waals surface area contributed by atoms with Crippen molar-refractivity contribution in [3.63, 3.8) is 0 Å². The van der Waals surface area contributed by atoms with Crippen LogP contribution in [0.2, 0.25) is 0 Å². The topological polar surface area (TPSA) is 47.4 Å². The molecule has 0 aliphatic carbocycles. The van der Waals surface area contributed by atoms with E-state index in [2.05, 4.69) is 36.4 Å². The minimum Gasteiger partial charge on any atom is -0.381 e. The lowest BCUT2D eigenvalue weighted by atomic mass is 10.1. The van der Waals surface area contributed by atoms with Gasteiger partial charge in [-0.3, -0.25) is 4.79 Å². The van der Waals surface area contributed by atoms with Gasteiger partial charge < -0.3 is 14.2 Å². The van der Waals surface area contributed by atoms with Crippen molar-refractivity contribution in [3.05, 3.63) is 29.1 Å². The van der Waals surface area contributed by atoms with Crippen LogP contribution < -0.4 is 0 Å². The molecule has 1 amide bonds. The van der Waals surface area contributed by atoms with Crippen LogP contribution in [0.25, 0.3) is 11.0 Å². The summed E-state index contributed by atoms with van der Waals surface area (Å²) in [6, 6.07) is 2.19. The number of carbonyl (C=O) groups excluding carboxylic acids is 1. The number of carbonyl (C=O) groups is 1. The van der Waals surface area contributed by atoms with E-state index in [-0.39, 0.29) is 5.91 Å². The first kappa shape index (κ1) is 16.0. The molecule has 0 fully saturated rings. The number of rotatable bonds is 5. The van der Waals surface area contributed by atoms with Crippen molar-refractivity contribution in [2.45, 2.75) is 46.7 Å². The van der Waals surface area contributed by atoms with Gasteiger partial charge in [0.25, 0.3) is 0 Å². The highest BCUT2D eigenvalue weighted by atomic mass is 16.5. The predicted molar refractivity (Wildman–Crippen MR) is 90.4 cm³/mol. The van der Waals surface area contributed by atoms with Gasteiger partial charge in [0.15, 0.2) is 0 Å². The average Bonchev–Trinajstić information content (AvgIpc) is 2.93. The van der Waals surface area contributed by atoms with Crippen molar-refractivity contribution in [2.24, 2.45) is 0 Å². The number of hydrogen-bond donors (Lipinski definition) is 0. The molecule has 0 saturated heterocycles. The van der Waals surface area contributed by atoms with Gasteiger partial charge in [-0.05, 0) is 37.5 Å². The van der Waals surface area contributed by atoms with Gasteiger partial charge in [0.2, 0.25) is 5.91 Å². The first-order valence-corrected chi connectivity index (χ1v) is 8.41. The van der Waals surface area contributed by atoms with E-state index in [1.807, 2.05) is 11.1 Å².